The minimum Gasteiger partial charge on any atom is -0.387 e. The number of fused-ring (bicyclic) bond motifs is 1. The predicted molar refractivity (Wildman–Crippen MR) is 147 cm³/mol. The molecule has 3 aliphatic heterocycles. The van der Waals surface area contributed by atoms with Gasteiger partial charge in [0.25, 0.3) is 5.91 Å². The van der Waals surface area contributed by atoms with Crippen LogP contribution in [0.4, 0.5) is 18.9 Å². The van der Waals surface area contributed by atoms with E-state index in [0.717, 1.165) is 57.4 Å². The Hall–Kier alpha value is -2.89. The summed E-state index contributed by atoms with van der Waals surface area (Å²) in [5.41, 5.74) is 6.61. The summed E-state index contributed by atoms with van der Waals surface area (Å²) in [6, 6.07) is 5.59. The van der Waals surface area contributed by atoms with Crippen LogP contribution in [0.5, 0.6) is 0 Å². The van der Waals surface area contributed by atoms with Gasteiger partial charge in [-0.1, -0.05) is 12.6 Å². The summed E-state index contributed by atoms with van der Waals surface area (Å²) in [5, 5.41) is 2.93. The summed E-state index contributed by atoms with van der Waals surface area (Å²) in [4.78, 5) is 22.7. The first kappa shape index (κ1) is 28.6. The molecule has 1 saturated carbocycles. The van der Waals surface area contributed by atoms with Crippen LogP contribution in [-0.2, 0) is 20.4 Å². The number of carbonyl (C=O) groups is 1. The number of halogens is 3. The van der Waals surface area contributed by atoms with Crippen LogP contribution in [0.25, 0.3) is 0 Å². The van der Waals surface area contributed by atoms with Crippen LogP contribution in [0, 0.1) is 5.92 Å². The van der Waals surface area contributed by atoms with E-state index in [1.807, 2.05) is 0 Å². The van der Waals surface area contributed by atoms with Crippen LogP contribution < -0.4 is 11.1 Å². The van der Waals surface area contributed by atoms with Gasteiger partial charge in [0.05, 0.1) is 24.9 Å². The molecular weight excluding hydrogens is 523 g/mol. The van der Waals surface area contributed by atoms with Gasteiger partial charge in [0.1, 0.15) is 11.5 Å². The summed E-state index contributed by atoms with van der Waals surface area (Å²) in [7, 11) is 0. The Morgan fingerprint density at radius 1 is 1.12 bits per heavy atom. The third-order valence-electron chi connectivity index (χ3n) is 8.33. The molecule has 0 unspecified atom stereocenters. The highest BCUT2D eigenvalue weighted by Gasteiger charge is 2.40. The standard InChI is InChI=1S/C29H38F3N5O3/c1-18(19(2)34-22-5-3-4-21(16-22)29(30,31)32)26(35-27(33)20-6-7-20)28(38)36-11-8-23(9-12-36)37-13-15-40-25-17-39-14-10-24(25)37/h3-5,16,20,23-25,34H,2,6-15,17H2,1H3,(H2,33,35)/b26-18-/t24-,25+/m1/s1. The number of hydrogen-bond donors (Lipinski definition) is 2. The summed E-state index contributed by atoms with van der Waals surface area (Å²) in [5.74, 6) is 0.320. The topological polar surface area (TPSA) is 92.4 Å². The van der Waals surface area contributed by atoms with E-state index >= 15 is 0 Å². The second-order valence-corrected chi connectivity index (χ2v) is 11.1. The number of carbonyl (C=O) groups excluding carboxylic acids is 1. The number of nitrogens with zero attached hydrogens (tertiary/aromatic N) is 3. The van der Waals surface area contributed by atoms with Gasteiger partial charge >= 0.3 is 6.18 Å². The third kappa shape index (κ3) is 6.53. The number of amidine groups is 1. The van der Waals surface area contributed by atoms with E-state index in [0.29, 0.717) is 55.5 Å². The van der Waals surface area contributed by atoms with Crippen molar-refractivity contribution in [3.05, 3.63) is 53.4 Å². The molecule has 0 aromatic heterocycles. The maximum absolute atomic E-state index is 13.8. The van der Waals surface area contributed by atoms with Crippen molar-refractivity contribution in [1.29, 1.82) is 0 Å². The Labute approximate surface area is 233 Å². The highest BCUT2D eigenvalue weighted by atomic mass is 19.4. The van der Waals surface area contributed by atoms with Crippen molar-refractivity contribution in [2.45, 2.75) is 63.4 Å². The highest BCUT2D eigenvalue weighted by Crippen LogP contribution is 2.33. The molecular formula is C29H38F3N5O3. The van der Waals surface area contributed by atoms with Crippen LogP contribution in [0.2, 0.25) is 0 Å². The van der Waals surface area contributed by atoms with Crippen molar-refractivity contribution in [1.82, 2.24) is 9.80 Å². The van der Waals surface area contributed by atoms with Gasteiger partial charge in [0.2, 0.25) is 0 Å². The lowest BCUT2D eigenvalue weighted by Gasteiger charge is -2.49. The maximum atomic E-state index is 13.8. The van der Waals surface area contributed by atoms with Crippen LogP contribution >= 0.6 is 0 Å². The van der Waals surface area contributed by atoms with Crippen molar-refractivity contribution >= 4 is 17.4 Å². The van der Waals surface area contributed by atoms with Crippen LogP contribution in [-0.4, -0.2) is 79.2 Å². The van der Waals surface area contributed by atoms with E-state index in [-0.39, 0.29) is 29.3 Å². The van der Waals surface area contributed by atoms with Crippen molar-refractivity contribution in [2.75, 3.05) is 44.8 Å². The van der Waals surface area contributed by atoms with Gasteiger partial charge in [0, 0.05) is 61.2 Å². The second-order valence-electron chi connectivity index (χ2n) is 11.1. The maximum Gasteiger partial charge on any atom is 0.416 e. The lowest BCUT2D eigenvalue weighted by Crippen LogP contribution is -2.60. The Kier molecular flexibility index (Phi) is 8.53. The summed E-state index contributed by atoms with van der Waals surface area (Å²) in [6.45, 7) is 9.81. The largest absolute Gasteiger partial charge is 0.416 e. The fourth-order valence-electron chi connectivity index (χ4n) is 5.79. The van der Waals surface area contributed by atoms with Gasteiger partial charge in [0.15, 0.2) is 0 Å². The zero-order valence-corrected chi connectivity index (χ0v) is 22.9. The van der Waals surface area contributed by atoms with E-state index in [2.05, 4.69) is 21.8 Å². The lowest BCUT2D eigenvalue weighted by atomic mass is 9.95. The molecule has 4 aliphatic rings. The molecule has 5 rings (SSSR count). The number of allylic oxidation sites excluding steroid dienone is 1. The zero-order chi connectivity index (χ0) is 28.4. The number of likely N-dealkylation sites (tertiary alicyclic amines) is 1. The smallest absolute Gasteiger partial charge is 0.387 e. The number of rotatable bonds is 7. The summed E-state index contributed by atoms with van der Waals surface area (Å²) >= 11 is 0. The molecule has 11 heteroatoms. The number of morpholine rings is 1. The van der Waals surface area contributed by atoms with Crippen molar-refractivity contribution in [2.24, 2.45) is 16.6 Å². The van der Waals surface area contributed by atoms with Crippen LogP contribution in [0.3, 0.4) is 0 Å². The normalized spacial score (nSPS) is 25.7. The molecule has 2 atom stereocenters. The fourth-order valence-corrected chi connectivity index (χ4v) is 5.79. The first-order chi connectivity index (χ1) is 19.1. The number of hydrogen-bond acceptors (Lipinski definition) is 6. The van der Waals surface area contributed by atoms with Crippen molar-refractivity contribution in [3.63, 3.8) is 0 Å². The minimum absolute atomic E-state index is 0.106. The number of alkyl halides is 3. The Balaban J connectivity index is 1.30. The molecule has 3 heterocycles. The van der Waals surface area contributed by atoms with E-state index in [1.165, 1.54) is 12.1 Å². The SMILES string of the molecule is C=C(Nc1cccc(C(F)(F)F)c1)/C(C)=C(\N=C(/N)C1CC1)C(=O)N1CCC(N2CCO[C@H]3COCC[C@H]32)CC1. The Morgan fingerprint density at radius 2 is 1.88 bits per heavy atom. The lowest BCUT2D eigenvalue weighted by molar-refractivity contribution is -0.151. The molecule has 1 amide bonds. The van der Waals surface area contributed by atoms with Gasteiger partial charge in [-0.25, -0.2) is 4.99 Å². The predicted octanol–water partition coefficient (Wildman–Crippen LogP) is 4.15. The average molecular weight is 562 g/mol. The van der Waals surface area contributed by atoms with Gasteiger partial charge < -0.3 is 25.4 Å². The summed E-state index contributed by atoms with van der Waals surface area (Å²) in [6.07, 6.45) is 0.129. The number of anilines is 1. The van der Waals surface area contributed by atoms with Gasteiger partial charge in [-0.05, 0) is 57.2 Å². The van der Waals surface area contributed by atoms with Gasteiger partial charge in [-0.2, -0.15) is 13.2 Å². The first-order valence-electron chi connectivity index (χ1n) is 14.0. The Bertz CT molecular complexity index is 1170. The number of piperidine rings is 1. The second kappa shape index (κ2) is 11.9. The van der Waals surface area contributed by atoms with E-state index in [1.54, 1.807) is 11.8 Å². The molecule has 4 fully saturated rings. The molecule has 1 aromatic rings. The molecule has 1 aliphatic carbocycles. The van der Waals surface area contributed by atoms with Crippen molar-refractivity contribution in [3.8, 4) is 0 Å². The Morgan fingerprint density at radius 3 is 2.58 bits per heavy atom. The number of nitrogens with one attached hydrogen (secondary N) is 1. The summed E-state index contributed by atoms with van der Waals surface area (Å²) < 4.78 is 51.1. The van der Waals surface area contributed by atoms with E-state index in [9.17, 15) is 18.0 Å². The number of nitrogens with two attached hydrogens (primary N) is 1. The molecule has 218 valence electrons. The fraction of sp³-hybridized carbons (Fsp3) is 0.586. The first-order valence-corrected chi connectivity index (χ1v) is 14.0. The molecule has 8 nitrogen and oxygen atoms in total. The minimum atomic E-state index is -4.47. The average Bonchev–Trinajstić information content (AvgIpc) is 3.80. The van der Waals surface area contributed by atoms with Gasteiger partial charge in [-0.15, -0.1) is 0 Å². The number of ether oxygens (including phenoxy) is 2. The molecule has 0 bridgehead atoms. The quantitative estimate of drug-likeness (QED) is 0.225. The van der Waals surface area contributed by atoms with E-state index in [4.69, 9.17) is 15.2 Å². The molecule has 40 heavy (non-hydrogen) atoms. The van der Waals surface area contributed by atoms with Crippen LogP contribution in [0.1, 0.15) is 44.6 Å². The van der Waals surface area contributed by atoms with Crippen LogP contribution in [0.15, 0.2) is 52.8 Å². The number of benzene rings is 1. The van der Waals surface area contributed by atoms with Gasteiger partial charge in [-0.3, -0.25) is 9.69 Å². The molecule has 0 radical (unpaired) electrons. The number of amides is 1. The molecule has 3 N–H and O–H groups in total. The molecule has 1 aromatic carbocycles. The molecule has 3 saturated heterocycles. The highest BCUT2D eigenvalue weighted by molar-refractivity contribution is 5.99. The van der Waals surface area contributed by atoms with Crippen molar-refractivity contribution < 1.29 is 27.4 Å². The van der Waals surface area contributed by atoms with E-state index < -0.39 is 11.7 Å². The monoisotopic (exact) mass is 561 g/mol. The zero-order valence-electron chi connectivity index (χ0n) is 22.9. The third-order valence-corrected chi connectivity index (χ3v) is 8.33. The molecule has 0 spiro atoms. The number of aliphatic imine (C=N–C) groups is 1.